The van der Waals surface area contributed by atoms with Crippen molar-refractivity contribution in [3.05, 3.63) is 46.2 Å². The Balaban J connectivity index is 1.58. The number of thiophene rings is 1. The van der Waals surface area contributed by atoms with Crippen LogP contribution in [0.15, 0.2) is 35.7 Å². The number of carbonyl (C=O) groups is 1. The molecule has 1 saturated carbocycles. The van der Waals surface area contributed by atoms with Gasteiger partial charge in [0.2, 0.25) is 0 Å². The highest BCUT2D eigenvalue weighted by atomic mass is 32.1. The summed E-state index contributed by atoms with van der Waals surface area (Å²) in [4.78, 5) is 13.3. The van der Waals surface area contributed by atoms with E-state index in [-0.39, 0.29) is 5.91 Å². The first-order valence-corrected chi connectivity index (χ1v) is 10.3. The Hall–Kier alpha value is -1.92. The number of hydrogen-bond donors (Lipinski definition) is 3. The maximum atomic E-state index is 12.6. The maximum Gasteiger partial charge on any atom is 0.280 e. The van der Waals surface area contributed by atoms with Gasteiger partial charge < -0.3 is 5.32 Å². The molecule has 1 aromatic heterocycles. The Labute approximate surface area is 164 Å². The predicted molar refractivity (Wildman–Crippen MR) is 112 cm³/mol. The fraction of sp³-hybridized carbons (Fsp3) is 0.400. The van der Waals surface area contributed by atoms with E-state index in [1.165, 1.54) is 36.2 Å². The van der Waals surface area contributed by atoms with Crippen molar-refractivity contribution in [2.24, 2.45) is 5.92 Å². The number of hydrazine groups is 1. The third-order valence-electron chi connectivity index (χ3n) is 4.95. The van der Waals surface area contributed by atoms with Crippen molar-refractivity contribution >= 4 is 34.6 Å². The van der Waals surface area contributed by atoms with Gasteiger partial charge in [0.1, 0.15) is 4.88 Å². The molecule has 0 aliphatic heterocycles. The molecular formula is C20H25N3OS2. The summed E-state index contributed by atoms with van der Waals surface area (Å²) in [5.74, 6) is 0.432. The van der Waals surface area contributed by atoms with Gasteiger partial charge >= 0.3 is 0 Å². The summed E-state index contributed by atoms with van der Waals surface area (Å²) in [6.45, 7) is 4.30. The molecule has 4 nitrogen and oxygen atoms in total. The van der Waals surface area contributed by atoms with Crippen molar-refractivity contribution in [1.82, 2.24) is 16.2 Å². The first kappa shape index (κ1) is 18.9. The maximum absolute atomic E-state index is 12.6. The summed E-state index contributed by atoms with van der Waals surface area (Å²) in [5.41, 5.74) is 8.76. The summed E-state index contributed by atoms with van der Waals surface area (Å²) < 4.78 is 0. The smallest absolute Gasteiger partial charge is 0.280 e. The van der Waals surface area contributed by atoms with Crippen LogP contribution in [0.5, 0.6) is 0 Å². The molecule has 1 fully saturated rings. The Morgan fingerprint density at radius 1 is 1.12 bits per heavy atom. The van der Waals surface area contributed by atoms with Gasteiger partial charge in [-0.25, -0.2) is 0 Å². The first-order chi connectivity index (χ1) is 12.5. The van der Waals surface area contributed by atoms with E-state index in [1.54, 1.807) is 0 Å². The molecule has 3 rings (SSSR count). The second-order valence-corrected chi connectivity index (χ2v) is 8.27. The van der Waals surface area contributed by atoms with Crippen molar-refractivity contribution in [2.45, 2.75) is 45.6 Å². The lowest BCUT2D eigenvalue weighted by atomic mass is 9.86. The van der Waals surface area contributed by atoms with Crippen molar-refractivity contribution in [3.8, 4) is 11.1 Å². The minimum atomic E-state index is -0.170. The topological polar surface area (TPSA) is 53.2 Å². The van der Waals surface area contributed by atoms with E-state index in [9.17, 15) is 4.79 Å². The Morgan fingerprint density at radius 2 is 1.85 bits per heavy atom. The minimum absolute atomic E-state index is 0.170. The summed E-state index contributed by atoms with van der Waals surface area (Å²) in [7, 11) is 0. The van der Waals surface area contributed by atoms with Crippen molar-refractivity contribution in [1.29, 1.82) is 0 Å². The highest BCUT2D eigenvalue weighted by Gasteiger charge is 2.22. The monoisotopic (exact) mass is 387 g/mol. The van der Waals surface area contributed by atoms with Gasteiger partial charge in [-0.05, 0) is 54.9 Å². The van der Waals surface area contributed by atoms with Gasteiger partial charge in [-0.3, -0.25) is 15.6 Å². The highest BCUT2D eigenvalue weighted by Crippen LogP contribution is 2.28. The molecule has 1 heterocycles. The van der Waals surface area contributed by atoms with Gasteiger partial charge in [0.05, 0.1) is 0 Å². The molecule has 0 saturated heterocycles. The summed E-state index contributed by atoms with van der Waals surface area (Å²) in [6, 6.07) is 10.5. The SMILES string of the molecule is Cc1ccc(-c2ccsc2C(=O)NNC(=S)N[C@@H]2CCCC[C@@H]2C)cc1. The fourth-order valence-corrected chi connectivity index (χ4v) is 4.36. The normalized spacial score (nSPS) is 19.6. The molecule has 0 spiro atoms. The molecule has 0 bridgehead atoms. The zero-order valence-corrected chi connectivity index (χ0v) is 16.8. The number of nitrogens with one attached hydrogen (secondary N) is 3. The predicted octanol–water partition coefficient (Wildman–Crippen LogP) is 4.41. The minimum Gasteiger partial charge on any atom is -0.358 e. The third-order valence-corrected chi connectivity index (χ3v) is 6.08. The molecule has 2 atom stereocenters. The molecule has 138 valence electrons. The van der Waals surface area contributed by atoms with Crippen LogP contribution in [0.3, 0.4) is 0 Å². The molecule has 1 aliphatic rings. The van der Waals surface area contributed by atoms with Crippen LogP contribution in [-0.4, -0.2) is 17.1 Å². The van der Waals surface area contributed by atoms with E-state index in [4.69, 9.17) is 12.2 Å². The molecule has 0 radical (unpaired) electrons. The quantitative estimate of drug-likeness (QED) is 0.539. The van der Waals surface area contributed by atoms with Crippen LogP contribution in [0.1, 0.15) is 47.8 Å². The molecular weight excluding hydrogens is 362 g/mol. The number of benzene rings is 1. The molecule has 1 aromatic carbocycles. The molecule has 1 amide bonds. The number of aryl methyl sites for hydroxylation is 1. The fourth-order valence-electron chi connectivity index (χ4n) is 3.35. The van der Waals surface area contributed by atoms with Gasteiger partial charge in [-0.1, -0.05) is 49.6 Å². The second-order valence-electron chi connectivity index (χ2n) is 6.95. The number of thiocarbonyl (C=S) groups is 1. The largest absolute Gasteiger partial charge is 0.358 e. The Bertz CT molecular complexity index is 770. The van der Waals surface area contributed by atoms with Crippen molar-refractivity contribution < 1.29 is 4.79 Å². The number of rotatable bonds is 3. The molecule has 26 heavy (non-hydrogen) atoms. The van der Waals surface area contributed by atoms with E-state index in [0.717, 1.165) is 17.5 Å². The van der Waals surface area contributed by atoms with Crippen LogP contribution < -0.4 is 16.2 Å². The van der Waals surface area contributed by atoms with E-state index in [0.29, 0.717) is 21.9 Å². The van der Waals surface area contributed by atoms with Gasteiger partial charge in [-0.2, -0.15) is 0 Å². The van der Waals surface area contributed by atoms with E-state index in [2.05, 4.69) is 42.1 Å². The summed E-state index contributed by atoms with van der Waals surface area (Å²) in [5, 5.41) is 5.74. The first-order valence-electron chi connectivity index (χ1n) is 9.06. The summed E-state index contributed by atoms with van der Waals surface area (Å²) in [6.07, 6.45) is 4.86. The second kappa shape index (κ2) is 8.64. The molecule has 1 aliphatic carbocycles. The number of carbonyl (C=O) groups excluding carboxylic acids is 1. The van der Waals surface area contributed by atoms with Gasteiger partial charge in [-0.15, -0.1) is 11.3 Å². The molecule has 0 unspecified atom stereocenters. The van der Waals surface area contributed by atoms with Crippen LogP contribution in [-0.2, 0) is 0 Å². The highest BCUT2D eigenvalue weighted by molar-refractivity contribution is 7.80. The average molecular weight is 388 g/mol. The standard InChI is InChI=1S/C20H25N3OS2/c1-13-7-9-15(10-8-13)16-11-12-26-18(16)19(24)22-23-20(25)21-17-6-4-3-5-14(17)2/h7-12,14,17H,3-6H2,1-2H3,(H,22,24)(H2,21,23,25)/t14-,17+/m0/s1. The number of hydrogen-bond acceptors (Lipinski definition) is 3. The Kier molecular flexibility index (Phi) is 6.27. The van der Waals surface area contributed by atoms with E-state index < -0.39 is 0 Å². The van der Waals surface area contributed by atoms with Crippen LogP contribution >= 0.6 is 23.6 Å². The van der Waals surface area contributed by atoms with Crippen LogP contribution in [0.2, 0.25) is 0 Å². The van der Waals surface area contributed by atoms with Crippen LogP contribution in [0, 0.1) is 12.8 Å². The van der Waals surface area contributed by atoms with Crippen molar-refractivity contribution in [2.75, 3.05) is 0 Å². The number of amides is 1. The average Bonchev–Trinajstić information content (AvgIpc) is 3.12. The molecule has 2 aromatic rings. The molecule has 6 heteroatoms. The summed E-state index contributed by atoms with van der Waals surface area (Å²) >= 11 is 6.77. The lowest BCUT2D eigenvalue weighted by molar-refractivity contribution is 0.0948. The zero-order valence-electron chi connectivity index (χ0n) is 15.2. The van der Waals surface area contributed by atoms with Crippen molar-refractivity contribution in [3.63, 3.8) is 0 Å². The van der Waals surface area contributed by atoms with Gasteiger partial charge in [0.25, 0.3) is 5.91 Å². The zero-order chi connectivity index (χ0) is 18.5. The van der Waals surface area contributed by atoms with Crippen LogP contribution in [0.4, 0.5) is 0 Å². The lowest BCUT2D eigenvalue weighted by Crippen LogP contribution is -2.51. The van der Waals surface area contributed by atoms with Gasteiger partial charge in [0, 0.05) is 11.6 Å². The lowest BCUT2D eigenvalue weighted by Gasteiger charge is -2.30. The third kappa shape index (κ3) is 4.62. The van der Waals surface area contributed by atoms with E-state index in [1.807, 2.05) is 23.6 Å². The molecule has 3 N–H and O–H groups in total. The Morgan fingerprint density at radius 3 is 2.58 bits per heavy atom. The van der Waals surface area contributed by atoms with E-state index >= 15 is 0 Å². The van der Waals surface area contributed by atoms with Gasteiger partial charge in [0.15, 0.2) is 5.11 Å². The van der Waals surface area contributed by atoms with Crippen LogP contribution in [0.25, 0.3) is 11.1 Å².